The zero-order valence-electron chi connectivity index (χ0n) is 11.9. The number of benzene rings is 1. The van der Waals surface area contributed by atoms with Crippen LogP contribution in [0.3, 0.4) is 0 Å². The monoisotopic (exact) mass is 326 g/mol. The lowest BCUT2D eigenvalue weighted by molar-refractivity contribution is 0.392. The summed E-state index contributed by atoms with van der Waals surface area (Å²) < 4.78 is 10.7. The largest absolute Gasteiger partial charge is 0.495 e. The third-order valence-electron chi connectivity index (χ3n) is 4.04. The zero-order valence-corrected chi connectivity index (χ0v) is 13.4. The number of ether oxygens (including phenoxy) is 2. The Balaban J connectivity index is 2.06. The van der Waals surface area contributed by atoms with Crippen molar-refractivity contribution < 1.29 is 9.47 Å². The molecule has 1 aromatic heterocycles. The van der Waals surface area contributed by atoms with Gasteiger partial charge in [-0.3, -0.25) is 5.10 Å². The first kappa shape index (κ1) is 14.5. The average Bonchev–Trinajstić information content (AvgIpc) is 2.95. The van der Waals surface area contributed by atoms with Gasteiger partial charge < -0.3 is 9.47 Å². The van der Waals surface area contributed by atoms with Crippen molar-refractivity contribution >= 4 is 23.2 Å². The Bertz CT molecular complexity index is 642. The molecule has 1 aromatic carbocycles. The summed E-state index contributed by atoms with van der Waals surface area (Å²) in [7, 11) is 3.18. The summed E-state index contributed by atoms with van der Waals surface area (Å²) in [4.78, 5) is 0. The van der Waals surface area contributed by atoms with Crippen molar-refractivity contribution in [2.75, 3.05) is 14.2 Å². The van der Waals surface area contributed by atoms with Crippen LogP contribution in [-0.4, -0.2) is 24.4 Å². The number of hydrogen-bond donors (Lipinski definition) is 1. The van der Waals surface area contributed by atoms with Crippen LogP contribution < -0.4 is 9.47 Å². The van der Waals surface area contributed by atoms with Gasteiger partial charge in [-0.1, -0.05) is 23.2 Å². The van der Waals surface area contributed by atoms with Gasteiger partial charge in [0.25, 0.3) is 0 Å². The number of methoxy groups -OCH3 is 2. The molecule has 0 saturated heterocycles. The Morgan fingerprint density at radius 1 is 1.19 bits per heavy atom. The second-order valence-corrected chi connectivity index (χ2v) is 5.89. The lowest BCUT2D eigenvalue weighted by Crippen LogP contribution is -2.13. The van der Waals surface area contributed by atoms with E-state index in [1.807, 2.05) is 6.20 Å². The van der Waals surface area contributed by atoms with E-state index < -0.39 is 0 Å². The topological polar surface area (TPSA) is 47.1 Å². The van der Waals surface area contributed by atoms with E-state index in [0.717, 1.165) is 30.5 Å². The third-order valence-corrected chi connectivity index (χ3v) is 4.82. The highest BCUT2D eigenvalue weighted by Crippen LogP contribution is 2.46. The number of fused-ring (bicyclic) bond motifs is 1. The van der Waals surface area contributed by atoms with Crippen molar-refractivity contribution in [3.63, 3.8) is 0 Å². The van der Waals surface area contributed by atoms with Crippen LogP contribution in [0.2, 0.25) is 10.0 Å². The van der Waals surface area contributed by atoms with Crippen LogP contribution in [0.25, 0.3) is 0 Å². The van der Waals surface area contributed by atoms with Gasteiger partial charge in [0.2, 0.25) is 0 Å². The number of rotatable bonds is 3. The quantitative estimate of drug-likeness (QED) is 0.927. The van der Waals surface area contributed by atoms with E-state index in [9.17, 15) is 0 Å². The van der Waals surface area contributed by atoms with Crippen LogP contribution in [0.15, 0.2) is 12.3 Å². The Morgan fingerprint density at radius 2 is 1.86 bits per heavy atom. The molecule has 1 N–H and O–H groups in total. The molecule has 0 saturated carbocycles. The van der Waals surface area contributed by atoms with Crippen molar-refractivity contribution in [3.8, 4) is 11.5 Å². The number of H-pyrrole nitrogens is 1. The standard InChI is InChI=1S/C15H16Cl2N2O2/c1-20-11-6-12(21-2)15(17)13(14(11)16)8-3-4-9-7-18-19-10(9)5-8/h6-8H,3-5H2,1-2H3,(H,18,19)/t8-/m0/s1. The molecule has 2 aromatic rings. The summed E-state index contributed by atoms with van der Waals surface area (Å²) in [6.07, 6.45) is 4.66. The third kappa shape index (κ3) is 2.47. The highest BCUT2D eigenvalue weighted by Gasteiger charge is 2.28. The first-order valence-corrected chi connectivity index (χ1v) is 7.52. The number of hydrogen-bond acceptors (Lipinski definition) is 3. The molecule has 0 bridgehead atoms. The number of aryl methyl sites for hydroxylation is 1. The number of halogens is 2. The maximum absolute atomic E-state index is 6.49. The second kappa shape index (κ2) is 5.78. The highest BCUT2D eigenvalue weighted by atomic mass is 35.5. The number of nitrogens with zero attached hydrogens (tertiary/aromatic N) is 1. The van der Waals surface area contributed by atoms with Crippen LogP contribution in [0, 0.1) is 0 Å². The van der Waals surface area contributed by atoms with Crippen molar-refractivity contribution in [1.29, 1.82) is 0 Å². The van der Waals surface area contributed by atoms with Gasteiger partial charge in [0, 0.05) is 17.3 Å². The van der Waals surface area contributed by atoms with Crippen LogP contribution >= 0.6 is 23.2 Å². The van der Waals surface area contributed by atoms with Gasteiger partial charge in [0.05, 0.1) is 30.5 Å². The molecule has 1 aliphatic carbocycles. The average molecular weight is 327 g/mol. The second-order valence-electron chi connectivity index (χ2n) is 5.14. The van der Waals surface area contributed by atoms with Gasteiger partial charge in [0.15, 0.2) is 0 Å². The molecular formula is C15H16Cl2N2O2. The van der Waals surface area contributed by atoms with Crippen LogP contribution in [0.1, 0.15) is 29.2 Å². The Morgan fingerprint density at radius 3 is 2.48 bits per heavy atom. The van der Waals surface area contributed by atoms with Gasteiger partial charge in [-0.2, -0.15) is 5.10 Å². The van der Waals surface area contributed by atoms with Gasteiger partial charge in [-0.25, -0.2) is 0 Å². The molecule has 0 fully saturated rings. The first-order chi connectivity index (χ1) is 10.2. The number of aromatic nitrogens is 2. The molecule has 6 heteroatoms. The fourth-order valence-electron chi connectivity index (χ4n) is 2.92. The number of nitrogens with one attached hydrogen (secondary N) is 1. The van der Waals surface area contributed by atoms with Crippen molar-refractivity contribution in [2.24, 2.45) is 0 Å². The molecule has 0 aliphatic heterocycles. The summed E-state index contributed by atoms with van der Waals surface area (Å²) in [5.74, 6) is 1.40. The molecule has 0 amide bonds. The molecule has 21 heavy (non-hydrogen) atoms. The molecule has 112 valence electrons. The maximum Gasteiger partial charge on any atom is 0.141 e. The first-order valence-electron chi connectivity index (χ1n) is 6.76. The Hall–Kier alpha value is -1.39. The normalized spacial score (nSPS) is 17.4. The lowest BCUT2D eigenvalue weighted by Gasteiger charge is -2.25. The van der Waals surface area contributed by atoms with Crippen molar-refractivity contribution in [3.05, 3.63) is 39.1 Å². The fourth-order valence-corrected chi connectivity index (χ4v) is 3.73. The molecular weight excluding hydrogens is 311 g/mol. The van der Waals surface area contributed by atoms with E-state index in [0.29, 0.717) is 21.5 Å². The van der Waals surface area contributed by atoms with Crippen molar-refractivity contribution in [2.45, 2.75) is 25.2 Å². The maximum atomic E-state index is 6.49. The summed E-state index contributed by atoms with van der Waals surface area (Å²) in [6.45, 7) is 0. The zero-order chi connectivity index (χ0) is 15.0. The van der Waals surface area contributed by atoms with E-state index in [-0.39, 0.29) is 5.92 Å². The summed E-state index contributed by atoms with van der Waals surface area (Å²) in [5, 5.41) is 8.29. The van der Waals surface area contributed by atoms with E-state index in [2.05, 4.69) is 10.2 Å². The molecule has 1 aliphatic rings. The molecule has 3 rings (SSSR count). The fraction of sp³-hybridized carbons (Fsp3) is 0.400. The van der Waals surface area contributed by atoms with Crippen LogP contribution in [-0.2, 0) is 12.8 Å². The van der Waals surface area contributed by atoms with E-state index in [1.54, 1.807) is 20.3 Å². The highest BCUT2D eigenvalue weighted by molar-refractivity contribution is 6.38. The minimum absolute atomic E-state index is 0.224. The smallest absolute Gasteiger partial charge is 0.141 e. The van der Waals surface area contributed by atoms with E-state index in [4.69, 9.17) is 32.7 Å². The molecule has 0 unspecified atom stereocenters. The predicted octanol–water partition coefficient (Wildman–Crippen LogP) is 4.01. The molecule has 0 radical (unpaired) electrons. The predicted molar refractivity (Wildman–Crippen MR) is 82.9 cm³/mol. The molecule has 1 atom stereocenters. The van der Waals surface area contributed by atoms with Gasteiger partial charge in [-0.15, -0.1) is 0 Å². The molecule has 0 spiro atoms. The minimum atomic E-state index is 0.224. The molecule has 4 nitrogen and oxygen atoms in total. The van der Waals surface area contributed by atoms with Crippen LogP contribution in [0.4, 0.5) is 0 Å². The minimum Gasteiger partial charge on any atom is -0.495 e. The van der Waals surface area contributed by atoms with E-state index >= 15 is 0 Å². The van der Waals surface area contributed by atoms with Crippen LogP contribution in [0.5, 0.6) is 11.5 Å². The Labute approximate surface area is 133 Å². The Kier molecular flexibility index (Phi) is 4.00. The van der Waals surface area contributed by atoms with Gasteiger partial charge in [0.1, 0.15) is 11.5 Å². The summed E-state index contributed by atoms with van der Waals surface area (Å²) in [5.41, 5.74) is 3.32. The lowest BCUT2D eigenvalue weighted by atomic mass is 9.83. The molecule has 1 heterocycles. The van der Waals surface area contributed by atoms with Crippen molar-refractivity contribution in [1.82, 2.24) is 10.2 Å². The van der Waals surface area contributed by atoms with Gasteiger partial charge >= 0.3 is 0 Å². The summed E-state index contributed by atoms with van der Waals surface area (Å²) >= 11 is 13.0. The van der Waals surface area contributed by atoms with E-state index in [1.165, 1.54) is 5.56 Å². The number of aromatic amines is 1. The SMILES string of the molecule is COc1cc(OC)c(Cl)c([C@H]2CCc3cn[nH]c3C2)c1Cl. The van der Waals surface area contributed by atoms with Gasteiger partial charge in [-0.05, 0) is 30.7 Å². The summed E-state index contributed by atoms with van der Waals surface area (Å²) in [6, 6.07) is 1.72.